The van der Waals surface area contributed by atoms with Crippen molar-refractivity contribution in [3.05, 3.63) is 46.9 Å². The first-order chi connectivity index (χ1) is 8.99. The van der Waals surface area contributed by atoms with E-state index in [4.69, 9.17) is 15.0 Å². The molecule has 2 N–H and O–H groups in total. The number of aromatic nitrogens is 1. The minimum atomic E-state index is -0.838. The average Bonchev–Trinajstić information content (AvgIpc) is 2.70. The summed E-state index contributed by atoms with van der Waals surface area (Å²) in [6.07, 6.45) is 0. The van der Waals surface area contributed by atoms with E-state index in [9.17, 15) is 13.6 Å². The number of primary amides is 1. The number of amides is 1. The first-order valence-corrected chi connectivity index (χ1v) is 5.32. The summed E-state index contributed by atoms with van der Waals surface area (Å²) in [5.41, 5.74) is 5.37. The SMILES string of the molecule is Cc1onc(C(N)=O)c1COc1ccc(F)cc1F. The fraction of sp³-hybridized carbons (Fsp3) is 0.167. The number of carbonyl (C=O) groups excluding carboxylic acids is 1. The molecule has 1 aromatic heterocycles. The quantitative estimate of drug-likeness (QED) is 0.919. The van der Waals surface area contributed by atoms with Crippen LogP contribution in [-0.4, -0.2) is 11.1 Å². The van der Waals surface area contributed by atoms with Crippen LogP contribution in [0.25, 0.3) is 0 Å². The van der Waals surface area contributed by atoms with Crippen molar-refractivity contribution < 1.29 is 22.8 Å². The lowest BCUT2D eigenvalue weighted by Crippen LogP contribution is -2.15. The molecule has 1 heterocycles. The Morgan fingerprint density at radius 3 is 2.84 bits per heavy atom. The summed E-state index contributed by atoms with van der Waals surface area (Å²) in [6.45, 7) is 1.41. The summed E-state index contributed by atoms with van der Waals surface area (Å²) in [6, 6.07) is 2.91. The van der Waals surface area contributed by atoms with Gasteiger partial charge in [-0.05, 0) is 19.1 Å². The molecule has 0 aliphatic rings. The molecule has 2 rings (SSSR count). The molecule has 19 heavy (non-hydrogen) atoms. The van der Waals surface area contributed by atoms with Gasteiger partial charge in [0.15, 0.2) is 17.3 Å². The van der Waals surface area contributed by atoms with Crippen molar-refractivity contribution in [3.8, 4) is 5.75 Å². The van der Waals surface area contributed by atoms with E-state index < -0.39 is 17.5 Å². The number of hydrogen-bond donors (Lipinski definition) is 1. The molecule has 0 saturated carbocycles. The summed E-state index contributed by atoms with van der Waals surface area (Å²) in [4.78, 5) is 11.1. The van der Waals surface area contributed by atoms with E-state index in [1.165, 1.54) is 0 Å². The molecule has 7 heteroatoms. The van der Waals surface area contributed by atoms with Gasteiger partial charge < -0.3 is 15.0 Å². The van der Waals surface area contributed by atoms with Crippen LogP contribution in [0.2, 0.25) is 0 Å². The van der Waals surface area contributed by atoms with Crippen LogP contribution in [0.15, 0.2) is 22.7 Å². The molecule has 0 aliphatic heterocycles. The zero-order valence-corrected chi connectivity index (χ0v) is 9.94. The van der Waals surface area contributed by atoms with Gasteiger partial charge in [-0.15, -0.1) is 0 Å². The number of aryl methyl sites for hydroxylation is 1. The van der Waals surface area contributed by atoms with Crippen LogP contribution in [0.1, 0.15) is 21.8 Å². The molecule has 0 spiro atoms. The van der Waals surface area contributed by atoms with E-state index in [0.717, 1.165) is 12.1 Å². The van der Waals surface area contributed by atoms with Gasteiger partial charge in [-0.25, -0.2) is 8.78 Å². The Balaban J connectivity index is 2.19. The van der Waals surface area contributed by atoms with Crippen LogP contribution in [-0.2, 0) is 6.61 Å². The zero-order chi connectivity index (χ0) is 14.0. The van der Waals surface area contributed by atoms with Crippen molar-refractivity contribution in [2.75, 3.05) is 0 Å². The number of carbonyl (C=O) groups is 1. The van der Waals surface area contributed by atoms with Crippen molar-refractivity contribution in [1.82, 2.24) is 5.16 Å². The highest BCUT2D eigenvalue weighted by Crippen LogP contribution is 2.21. The minimum Gasteiger partial charge on any atom is -0.486 e. The van der Waals surface area contributed by atoms with Gasteiger partial charge in [-0.2, -0.15) is 0 Å². The Morgan fingerprint density at radius 1 is 1.47 bits per heavy atom. The van der Waals surface area contributed by atoms with Crippen molar-refractivity contribution in [2.45, 2.75) is 13.5 Å². The molecule has 0 saturated heterocycles. The summed E-state index contributed by atoms with van der Waals surface area (Å²) in [5.74, 6) is -2.11. The lowest BCUT2D eigenvalue weighted by Gasteiger charge is -2.06. The first kappa shape index (κ1) is 13.0. The van der Waals surface area contributed by atoms with Gasteiger partial charge in [0.25, 0.3) is 5.91 Å². The fourth-order valence-electron chi connectivity index (χ4n) is 1.50. The molecule has 0 bridgehead atoms. The van der Waals surface area contributed by atoms with Gasteiger partial charge in [-0.3, -0.25) is 4.79 Å². The molecule has 5 nitrogen and oxygen atoms in total. The van der Waals surface area contributed by atoms with Crippen molar-refractivity contribution in [1.29, 1.82) is 0 Å². The third-order valence-electron chi connectivity index (χ3n) is 2.48. The number of halogens is 2. The number of ether oxygens (including phenoxy) is 1. The van der Waals surface area contributed by atoms with Gasteiger partial charge >= 0.3 is 0 Å². The lowest BCUT2D eigenvalue weighted by atomic mass is 10.2. The second-order valence-corrected chi connectivity index (χ2v) is 3.79. The van der Waals surface area contributed by atoms with Crippen LogP contribution >= 0.6 is 0 Å². The van der Waals surface area contributed by atoms with E-state index in [0.29, 0.717) is 17.4 Å². The number of hydrogen-bond acceptors (Lipinski definition) is 4. The standard InChI is InChI=1S/C12H10F2N2O3/c1-6-8(11(12(15)17)16-19-6)5-18-10-3-2-7(13)4-9(10)14/h2-4H,5H2,1H3,(H2,15,17). The fourth-order valence-corrected chi connectivity index (χ4v) is 1.50. The summed E-state index contributed by atoms with van der Waals surface area (Å²) >= 11 is 0. The van der Waals surface area contributed by atoms with Crippen LogP contribution < -0.4 is 10.5 Å². The maximum Gasteiger partial charge on any atom is 0.271 e. The van der Waals surface area contributed by atoms with Gasteiger partial charge in [0, 0.05) is 6.07 Å². The minimum absolute atomic E-state index is 0.0694. The monoisotopic (exact) mass is 268 g/mol. The number of rotatable bonds is 4. The van der Waals surface area contributed by atoms with Crippen LogP contribution in [0.4, 0.5) is 8.78 Å². The molecule has 100 valence electrons. The Labute approximate surface area is 106 Å². The largest absolute Gasteiger partial charge is 0.486 e. The Kier molecular flexibility index (Phi) is 3.46. The predicted octanol–water partition coefficient (Wildman–Crippen LogP) is 1.94. The maximum absolute atomic E-state index is 13.3. The number of nitrogens with zero attached hydrogens (tertiary/aromatic N) is 1. The van der Waals surface area contributed by atoms with Crippen molar-refractivity contribution in [3.63, 3.8) is 0 Å². The molecule has 1 amide bonds. The van der Waals surface area contributed by atoms with E-state index in [2.05, 4.69) is 5.16 Å². The van der Waals surface area contributed by atoms with Crippen LogP contribution in [0.5, 0.6) is 5.75 Å². The second kappa shape index (κ2) is 5.05. The molecular weight excluding hydrogens is 258 g/mol. The Bertz CT molecular complexity index is 625. The third kappa shape index (κ3) is 2.70. The highest BCUT2D eigenvalue weighted by molar-refractivity contribution is 5.92. The average molecular weight is 268 g/mol. The molecule has 0 fully saturated rings. The maximum atomic E-state index is 13.3. The predicted molar refractivity (Wildman–Crippen MR) is 60.4 cm³/mol. The summed E-state index contributed by atoms with van der Waals surface area (Å²) < 4.78 is 36.0. The lowest BCUT2D eigenvalue weighted by molar-refractivity contribution is 0.0989. The Morgan fingerprint density at radius 2 is 2.21 bits per heavy atom. The van der Waals surface area contributed by atoms with E-state index in [-0.39, 0.29) is 18.1 Å². The molecular formula is C12H10F2N2O3. The number of nitrogens with two attached hydrogens (primary N) is 1. The Hall–Kier alpha value is -2.44. The summed E-state index contributed by atoms with van der Waals surface area (Å²) in [7, 11) is 0. The molecule has 0 aliphatic carbocycles. The van der Waals surface area contributed by atoms with Crippen molar-refractivity contribution in [2.24, 2.45) is 5.73 Å². The van der Waals surface area contributed by atoms with E-state index in [1.54, 1.807) is 6.92 Å². The normalized spacial score (nSPS) is 10.5. The first-order valence-electron chi connectivity index (χ1n) is 5.32. The molecule has 1 aromatic carbocycles. The van der Waals surface area contributed by atoms with Gasteiger partial charge in [-0.1, -0.05) is 5.16 Å². The van der Waals surface area contributed by atoms with E-state index in [1.807, 2.05) is 0 Å². The number of benzene rings is 1. The van der Waals surface area contributed by atoms with Crippen molar-refractivity contribution >= 4 is 5.91 Å². The molecule has 2 aromatic rings. The second-order valence-electron chi connectivity index (χ2n) is 3.79. The smallest absolute Gasteiger partial charge is 0.271 e. The molecule has 0 unspecified atom stereocenters. The van der Waals surface area contributed by atoms with Gasteiger partial charge in [0.2, 0.25) is 0 Å². The van der Waals surface area contributed by atoms with E-state index >= 15 is 0 Å². The van der Waals surface area contributed by atoms with Crippen LogP contribution in [0, 0.1) is 18.6 Å². The molecule has 0 radical (unpaired) electrons. The highest BCUT2D eigenvalue weighted by Gasteiger charge is 2.18. The zero-order valence-electron chi connectivity index (χ0n) is 9.94. The van der Waals surface area contributed by atoms with Gasteiger partial charge in [0.05, 0.1) is 5.56 Å². The summed E-state index contributed by atoms with van der Waals surface area (Å²) in [5, 5.41) is 3.48. The topological polar surface area (TPSA) is 78.4 Å². The highest BCUT2D eigenvalue weighted by atomic mass is 19.1. The molecule has 0 atom stereocenters. The van der Waals surface area contributed by atoms with Crippen LogP contribution in [0.3, 0.4) is 0 Å². The van der Waals surface area contributed by atoms with Gasteiger partial charge in [0.1, 0.15) is 18.2 Å². The third-order valence-corrected chi connectivity index (χ3v) is 2.48.